The normalized spacial score (nSPS) is 14.2. The van der Waals surface area contributed by atoms with Crippen LogP contribution in [-0.4, -0.2) is 20.0 Å². The summed E-state index contributed by atoms with van der Waals surface area (Å²) in [7, 11) is 3.18. The van der Waals surface area contributed by atoms with Crippen LogP contribution in [0, 0.1) is 0 Å². The summed E-state index contributed by atoms with van der Waals surface area (Å²) >= 11 is 0. The summed E-state index contributed by atoms with van der Waals surface area (Å²) in [5.41, 5.74) is 4.72. The molecule has 0 unspecified atom stereocenters. The second-order valence-corrected chi connectivity index (χ2v) is 6.83. The minimum Gasteiger partial charge on any atom is -0.493 e. The second-order valence-electron chi connectivity index (χ2n) is 6.83. The third kappa shape index (κ3) is 3.54. The van der Waals surface area contributed by atoms with E-state index in [0.29, 0.717) is 23.5 Å². The van der Waals surface area contributed by atoms with E-state index in [9.17, 15) is 4.79 Å². The number of pyridine rings is 1. The van der Waals surface area contributed by atoms with Crippen molar-refractivity contribution in [3.05, 3.63) is 94.8 Å². The fraction of sp³-hybridized carbons (Fsp3) is 0.167. The van der Waals surface area contributed by atoms with Crippen molar-refractivity contribution in [1.82, 2.24) is 0 Å². The van der Waals surface area contributed by atoms with Crippen LogP contribution in [0.25, 0.3) is 6.08 Å². The minimum atomic E-state index is 0.0527. The van der Waals surface area contributed by atoms with Crippen molar-refractivity contribution in [3.63, 3.8) is 0 Å². The first kappa shape index (κ1) is 18.0. The van der Waals surface area contributed by atoms with Crippen molar-refractivity contribution >= 4 is 11.9 Å². The zero-order valence-corrected chi connectivity index (χ0v) is 16.0. The maximum absolute atomic E-state index is 12.8. The smallest absolute Gasteiger partial charge is 0.189 e. The molecule has 28 heavy (non-hydrogen) atoms. The standard InChI is InChI=1S/C24H22NO3/c1-27-22-14-19-13-20(24(26)21(19)15-23(22)28-2)12-17-8-10-25(11-9-17)16-18-6-4-3-5-7-18/h3-12,14-15H,13,16H2,1-2H3/q+1. The van der Waals surface area contributed by atoms with Crippen LogP contribution in [0.2, 0.25) is 0 Å². The van der Waals surface area contributed by atoms with Crippen LogP contribution in [0.3, 0.4) is 0 Å². The van der Waals surface area contributed by atoms with Gasteiger partial charge in [0.05, 0.1) is 14.2 Å². The molecule has 0 saturated heterocycles. The molecular formula is C24H22NO3+. The Balaban J connectivity index is 1.55. The number of aromatic nitrogens is 1. The van der Waals surface area contributed by atoms with E-state index in [-0.39, 0.29) is 5.78 Å². The van der Waals surface area contributed by atoms with E-state index >= 15 is 0 Å². The number of carbonyl (C=O) groups excluding carboxylic acids is 1. The number of allylic oxidation sites excluding steroid dienone is 1. The molecule has 0 atom stereocenters. The molecule has 0 bridgehead atoms. The molecule has 4 nitrogen and oxygen atoms in total. The Morgan fingerprint density at radius 3 is 2.32 bits per heavy atom. The molecule has 1 aliphatic rings. The van der Waals surface area contributed by atoms with Crippen molar-refractivity contribution in [2.75, 3.05) is 14.2 Å². The van der Waals surface area contributed by atoms with Gasteiger partial charge in [-0.15, -0.1) is 0 Å². The monoisotopic (exact) mass is 372 g/mol. The van der Waals surface area contributed by atoms with E-state index in [1.54, 1.807) is 20.3 Å². The number of ketones is 1. The third-order valence-electron chi connectivity index (χ3n) is 4.99. The third-order valence-corrected chi connectivity index (χ3v) is 4.99. The first-order valence-electron chi connectivity index (χ1n) is 9.21. The van der Waals surface area contributed by atoms with Gasteiger partial charge in [-0.05, 0) is 29.3 Å². The highest BCUT2D eigenvalue weighted by molar-refractivity contribution is 6.15. The molecule has 0 saturated carbocycles. The summed E-state index contributed by atoms with van der Waals surface area (Å²) in [5.74, 6) is 1.28. The zero-order valence-electron chi connectivity index (χ0n) is 16.0. The fourth-order valence-corrected chi connectivity index (χ4v) is 3.52. The Morgan fingerprint density at radius 1 is 0.964 bits per heavy atom. The quantitative estimate of drug-likeness (QED) is 0.504. The summed E-state index contributed by atoms with van der Waals surface area (Å²) in [4.78, 5) is 12.8. The number of carbonyl (C=O) groups is 1. The highest BCUT2D eigenvalue weighted by Gasteiger charge is 2.27. The second kappa shape index (κ2) is 7.69. The average molecular weight is 372 g/mol. The topological polar surface area (TPSA) is 39.4 Å². The molecule has 1 heterocycles. The van der Waals surface area contributed by atoms with Crippen LogP contribution in [-0.2, 0) is 13.0 Å². The van der Waals surface area contributed by atoms with Crippen molar-refractivity contribution in [3.8, 4) is 11.5 Å². The maximum atomic E-state index is 12.8. The molecule has 0 fully saturated rings. The Morgan fingerprint density at radius 2 is 1.64 bits per heavy atom. The van der Waals surface area contributed by atoms with Crippen molar-refractivity contribution < 1.29 is 18.8 Å². The Kier molecular flexibility index (Phi) is 4.94. The molecule has 0 radical (unpaired) electrons. The van der Waals surface area contributed by atoms with Gasteiger partial charge in [-0.25, -0.2) is 4.57 Å². The molecule has 0 spiro atoms. The van der Waals surface area contributed by atoms with Gasteiger partial charge in [0.1, 0.15) is 0 Å². The van der Waals surface area contributed by atoms with Gasteiger partial charge in [0, 0.05) is 35.3 Å². The number of hydrogen-bond acceptors (Lipinski definition) is 3. The number of nitrogens with zero attached hydrogens (tertiary/aromatic N) is 1. The van der Waals surface area contributed by atoms with Crippen LogP contribution >= 0.6 is 0 Å². The van der Waals surface area contributed by atoms with E-state index in [2.05, 4.69) is 16.7 Å². The van der Waals surface area contributed by atoms with Crippen LogP contribution < -0.4 is 14.0 Å². The van der Waals surface area contributed by atoms with E-state index in [4.69, 9.17) is 9.47 Å². The SMILES string of the molecule is COc1cc2c(cc1OC)C(=O)C(=Cc1cc[n+](Cc3ccccc3)cc1)C2. The van der Waals surface area contributed by atoms with Gasteiger partial charge in [0.15, 0.2) is 36.2 Å². The van der Waals surface area contributed by atoms with Gasteiger partial charge in [-0.2, -0.15) is 0 Å². The summed E-state index contributed by atoms with van der Waals surface area (Å²) in [6, 6.07) is 18.1. The summed E-state index contributed by atoms with van der Waals surface area (Å²) < 4.78 is 12.8. The first-order valence-corrected chi connectivity index (χ1v) is 9.21. The van der Waals surface area contributed by atoms with E-state index < -0.39 is 0 Å². The lowest BCUT2D eigenvalue weighted by atomic mass is 10.1. The number of fused-ring (bicyclic) bond motifs is 1. The highest BCUT2D eigenvalue weighted by Crippen LogP contribution is 2.36. The zero-order chi connectivity index (χ0) is 19.5. The van der Waals surface area contributed by atoms with Gasteiger partial charge in [0.25, 0.3) is 0 Å². The van der Waals surface area contributed by atoms with Gasteiger partial charge >= 0.3 is 0 Å². The predicted octanol–water partition coefficient (Wildman–Crippen LogP) is 3.86. The predicted molar refractivity (Wildman–Crippen MR) is 108 cm³/mol. The summed E-state index contributed by atoms with van der Waals surface area (Å²) in [5, 5.41) is 0. The van der Waals surface area contributed by atoms with Gasteiger partial charge in [0.2, 0.25) is 0 Å². The molecule has 4 rings (SSSR count). The lowest BCUT2D eigenvalue weighted by Crippen LogP contribution is -2.33. The number of ether oxygens (including phenoxy) is 2. The lowest BCUT2D eigenvalue weighted by molar-refractivity contribution is -0.688. The Hall–Kier alpha value is -3.40. The maximum Gasteiger partial charge on any atom is 0.189 e. The molecule has 1 aromatic heterocycles. The number of hydrogen-bond donors (Lipinski definition) is 0. The van der Waals surface area contributed by atoms with E-state index in [0.717, 1.165) is 23.2 Å². The number of methoxy groups -OCH3 is 2. The summed E-state index contributed by atoms with van der Waals surface area (Å²) in [6.07, 6.45) is 6.65. The highest BCUT2D eigenvalue weighted by atomic mass is 16.5. The summed E-state index contributed by atoms with van der Waals surface area (Å²) in [6.45, 7) is 0.821. The number of rotatable bonds is 5. The molecule has 2 aromatic carbocycles. The van der Waals surface area contributed by atoms with Crippen LogP contribution in [0.1, 0.15) is 27.0 Å². The molecule has 1 aliphatic carbocycles. The Bertz CT molecular complexity index is 1040. The molecule has 0 amide bonds. The minimum absolute atomic E-state index is 0.0527. The van der Waals surface area contributed by atoms with Gasteiger partial charge in [-0.3, -0.25) is 4.79 Å². The van der Waals surface area contributed by atoms with Crippen molar-refractivity contribution in [1.29, 1.82) is 0 Å². The molecule has 0 aliphatic heterocycles. The van der Waals surface area contributed by atoms with Crippen LogP contribution in [0.15, 0.2) is 72.6 Å². The van der Waals surface area contributed by atoms with Gasteiger partial charge < -0.3 is 9.47 Å². The molecule has 0 N–H and O–H groups in total. The van der Waals surface area contributed by atoms with Crippen molar-refractivity contribution in [2.45, 2.75) is 13.0 Å². The fourth-order valence-electron chi connectivity index (χ4n) is 3.52. The molecule has 140 valence electrons. The average Bonchev–Trinajstić information content (AvgIpc) is 3.03. The van der Waals surface area contributed by atoms with E-state index in [1.165, 1.54) is 5.56 Å². The van der Waals surface area contributed by atoms with Gasteiger partial charge in [-0.1, -0.05) is 30.3 Å². The van der Waals surface area contributed by atoms with Crippen LogP contribution in [0.5, 0.6) is 11.5 Å². The number of benzene rings is 2. The largest absolute Gasteiger partial charge is 0.493 e. The lowest BCUT2D eigenvalue weighted by Gasteiger charge is -2.08. The van der Waals surface area contributed by atoms with Crippen molar-refractivity contribution in [2.24, 2.45) is 0 Å². The van der Waals surface area contributed by atoms with E-state index in [1.807, 2.05) is 54.9 Å². The Labute approximate surface area is 164 Å². The number of Topliss-reactive ketones (excluding diaryl/α,β-unsaturated/α-hetero) is 1. The molecule has 3 aromatic rings. The first-order chi connectivity index (χ1) is 13.7. The van der Waals surface area contributed by atoms with Crippen LogP contribution in [0.4, 0.5) is 0 Å². The molecule has 4 heteroatoms. The molecular weight excluding hydrogens is 350 g/mol.